The summed E-state index contributed by atoms with van der Waals surface area (Å²) in [5.74, 6) is -0.308. The van der Waals surface area contributed by atoms with Crippen LogP contribution in [0.15, 0.2) is 48.5 Å². The number of methoxy groups -OCH3 is 1. The first-order chi connectivity index (χ1) is 16.0. The van der Waals surface area contributed by atoms with Crippen molar-refractivity contribution in [2.75, 3.05) is 24.2 Å². The molecule has 1 N–H and O–H groups in total. The van der Waals surface area contributed by atoms with Gasteiger partial charge in [-0.05, 0) is 56.2 Å². The van der Waals surface area contributed by atoms with Gasteiger partial charge in [-0.1, -0.05) is 36.7 Å². The van der Waals surface area contributed by atoms with Crippen LogP contribution < -0.4 is 14.4 Å². The van der Waals surface area contributed by atoms with Crippen LogP contribution in [0.3, 0.4) is 0 Å². The molecule has 2 amide bonds. The van der Waals surface area contributed by atoms with Crippen molar-refractivity contribution in [3.8, 4) is 5.75 Å². The molecule has 0 bridgehead atoms. The molecule has 0 aliphatic carbocycles. The lowest BCUT2D eigenvalue weighted by molar-refractivity contribution is -0.139. The third-order valence-electron chi connectivity index (χ3n) is 5.51. The molecule has 2 atom stereocenters. The number of sulfonamides is 1. The summed E-state index contributed by atoms with van der Waals surface area (Å²) in [6.45, 7) is 5.01. The molecule has 8 nitrogen and oxygen atoms in total. The van der Waals surface area contributed by atoms with Gasteiger partial charge in [-0.3, -0.25) is 13.9 Å². The molecule has 2 rings (SSSR count). The van der Waals surface area contributed by atoms with Gasteiger partial charge in [0.05, 0.1) is 19.1 Å². The number of nitrogens with one attached hydrogen (secondary N) is 1. The average molecular weight is 510 g/mol. The zero-order chi connectivity index (χ0) is 25.5. The molecule has 0 spiro atoms. The van der Waals surface area contributed by atoms with E-state index in [0.717, 1.165) is 17.0 Å². The Labute approximate surface area is 206 Å². The van der Waals surface area contributed by atoms with Gasteiger partial charge in [0.15, 0.2) is 0 Å². The SMILES string of the molecule is CCC(C)NC(=O)C(C)N(Cc1ccccc1Cl)C(=O)CN(c1ccc(OC)cc1)S(C)(=O)=O. The monoisotopic (exact) mass is 509 g/mol. The van der Waals surface area contributed by atoms with Crippen molar-refractivity contribution in [1.82, 2.24) is 10.2 Å². The molecule has 2 unspecified atom stereocenters. The highest BCUT2D eigenvalue weighted by Crippen LogP contribution is 2.23. The van der Waals surface area contributed by atoms with Crippen LogP contribution in [-0.4, -0.2) is 57.1 Å². The molecule has 0 aliphatic heterocycles. The molecule has 186 valence electrons. The maximum absolute atomic E-state index is 13.5. The standard InChI is InChI=1S/C24H32ClN3O5S/c1-6-17(2)26-24(30)18(3)27(15-19-9-7-8-10-22(19)25)23(29)16-28(34(5,31)32)20-11-13-21(33-4)14-12-20/h7-14,17-18H,6,15-16H2,1-5H3,(H,26,30). The molecule has 0 aliphatic rings. The van der Waals surface area contributed by atoms with Crippen LogP contribution in [0.2, 0.25) is 5.02 Å². The maximum Gasteiger partial charge on any atom is 0.244 e. The second-order valence-corrected chi connectivity index (χ2v) is 10.4. The third kappa shape index (κ3) is 7.36. The van der Waals surface area contributed by atoms with Crippen LogP contribution in [0.25, 0.3) is 0 Å². The quantitative estimate of drug-likeness (QED) is 0.500. The van der Waals surface area contributed by atoms with E-state index in [-0.39, 0.29) is 18.5 Å². The molecule has 0 saturated heterocycles. The van der Waals surface area contributed by atoms with Gasteiger partial charge in [0, 0.05) is 17.6 Å². The van der Waals surface area contributed by atoms with Crippen molar-refractivity contribution in [1.29, 1.82) is 0 Å². The zero-order valence-electron chi connectivity index (χ0n) is 20.1. The first-order valence-corrected chi connectivity index (χ1v) is 13.2. The fraction of sp³-hybridized carbons (Fsp3) is 0.417. The van der Waals surface area contributed by atoms with Crippen molar-refractivity contribution in [2.24, 2.45) is 0 Å². The summed E-state index contributed by atoms with van der Waals surface area (Å²) in [5, 5.41) is 3.33. The van der Waals surface area contributed by atoms with Gasteiger partial charge < -0.3 is 15.0 Å². The highest BCUT2D eigenvalue weighted by molar-refractivity contribution is 7.92. The summed E-state index contributed by atoms with van der Waals surface area (Å²) in [5.41, 5.74) is 0.960. The molecule has 0 heterocycles. The van der Waals surface area contributed by atoms with Crippen LogP contribution in [0.5, 0.6) is 5.75 Å². The van der Waals surface area contributed by atoms with Crippen LogP contribution in [-0.2, 0) is 26.2 Å². The molecular formula is C24H32ClN3O5S. The Balaban J connectivity index is 2.39. The van der Waals surface area contributed by atoms with E-state index in [4.69, 9.17) is 16.3 Å². The van der Waals surface area contributed by atoms with E-state index in [1.165, 1.54) is 12.0 Å². The predicted octanol–water partition coefficient (Wildman–Crippen LogP) is 3.45. The number of carbonyl (C=O) groups excluding carboxylic acids is 2. The smallest absolute Gasteiger partial charge is 0.244 e. The van der Waals surface area contributed by atoms with Crippen molar-refractivity contribution >= 4 is 39.1 Å². The van der Waals surface area contributed by atoms with Crippen LogP contribution in [0.4, 0.5) is 5.69 Å². The van der Waals surface area contributed by atoms with E-state index in [0.29, 0.717) is 22.0 Å². The van der Waals surface area contributed by atoms with Gasteiger partial charge >= 0.3 is 0 Å². The van der Waals surface area contributed by atoms with E-state index < -0.39 is 28.5 Å². The molecule has 0 saturated carbocycles. The highest BCUT2D eigenvalue weighted by Gasteiger charge is 2.30. The first kappa shape index (κ1) is 27.5. The Kier molecular flexibility index (Phi) is 9.76. The number of carbonyl (C=O) groups is 2. The van der Waals surface area contributed by atoms with Crippen molar-refractivity contribution in [3.63, 3.8) is 0 Å². The Bertz CT molecular complexity index is 1090. The minimum atomic E-state index is -3.80. The fourth-order valence-electron chi connectivity index (χ4n) is 3.22. The van der Waals surface area contributed by atoms with E-state index in [2.05, 4.69) is 5.32 Å². The maximum atomic E-state index is 13.5. The summed E-state index contributed by atoms with van der Waals surface area (Å²) >= 11 is 6.31. The van der Waals surface area contributed by atoms with Gasteiger partial charge in [0.25, 0.3) is 0 Å². The Morgan fingerprint density at radius 1 is 1.09 bits per heavy atom. The molecular weight excluding hydrogens is 478 g/mol. The minimum absolute atomic E-state index is 0.0494. The number of rotatable bonds is 11. The van der Waals surface area contributed by atoms with Gasteiger partial charge in [-0.25, -0.2) is 8.42 Å². The minimum Gasteiger partial charge on any atom is -0.497 e. The van der Waals surface area contributed by atoms with Gasteiger partial charge in [-0.15, -0.1) is 0 Å². The summed E-state index contributed by atoms with van der Waals surface area (Å²) in [7, 11) is -2.29. The van der Waals surface area contributed by atoms with E-state index >= 15 is 0 Å². The molecule has 10 heteroatoms. The van der Waals surface area contributed by atoms with Crippen LogP contribution in [0, 0.1) is 0 Å². The summed E-state index contributed by atoms with van der Waals surface area (Å²) in [6.07, 6.45) is 1.76. The molecule has 0 radical (unpaired) electrons. The molecule has 2 aromatic rings. The number of ether oxygens (including phenoxy) is 1. The number of halogens is 1. The lowest BCUT2D eigenvalue weighted by atomic mass is 10.1. The largest absolute Gasteiger partial charge is 0.497 e. The normalized spacial score (nSPS) is 13.0. The zero-order valence-corrected chi connectivity index (χ0v) is 21.7. The summed E-state index contributed by atoms with van der Waals surface area (Å²) < 4.78 is 31.3. The number of hydrogen-bond donors (Lipinski definition) is 1. The van der Waals surface area contributed by atoms with E-state index in [9.17, 15) is 18.0 Å². The van der Waals surface area contributed by atoms with E-state index in [1.54, 1.807) is 55.5 Å². The van der Waals surface area contributed by atoms with Crippen molar-refractivity contribution < 1.29 is 22.7 Å². The van der Waals surface area contributed by atoms with Gasteiger partial charge in [0.1, 0.15) is 18.3 Å². The average Bonchev–Trinajstić information content (AvgIpc) is 2.80. The van der Waals surface area contributed by atoms with Gasteiger partial charge in [-0.2, -0.15) is 0 Å². The Morgan fingerprint density at radius 2 is 1.71 bits per heavy atom. The molecule has 0 fully saturated rings. The highest BCUT2D eigenvalue weighted by atomic mass is 35.5. The second-order valence-electron chi connectivity index (χ2n) is 8.07. The molecule has 34 heavy (non-hydrogen) atoms. The second kappa shape index (κ2) is 12.1. The van der Waals surface area contributed by atoms with Crippen molar-refractivity contribution in [3.05, 3.63) is 59.1 Å². The Hall–Kier alpha value is -2.78. The van der Waals surface area contributed by atoms with Gasteiger partial charge in [0.2, 0.25) is 21.8 Å². The number of amides is 2. The third-order valence-corrected chi connectivity index (χ3v) is 7.02. The topological polar surface area (TPSA) is 96.0 Å². The number of benzene rings is 2. The summed E-state index contributed by atoms with van der Waals surface area (Å²) in [4.78, 5) is 27.7. The Morgan fingerprint density at radius 3 is 2.24 bits per heavy atom. The molecule has 2 aromatic carbocycles. The molecule has 0 aromatic heterocycles. The first-order valence-electron chi connectivity index (χ1n) is 10.9. The van der Waals surface area contributed by atoms with E-state index in [1.807, 2.05) is 13.8 Å². The number of hydrogen-bond acceptors (Lipinski definition) is 5. The van der Waals surface area contributed by atoms with Crippen LogP contribution in [0.1, 0.15) is 32.8 Å². The fourth-order valence-corrected chi connectivity index (χ4v) is 4.27. The number of nitrogens with zero attached hydrogens (tertiary/aromatic N) is 2. The van der Waals surface area contributed by atoms with Crippen molar-refractivity contribution in [2.45, 2.75) is 45.8 Å². The summed E-state index contributed by atoms with van der Waals surface area (Å²) in [6, 6.07) is 12.4. The number of anilines is 1. The lowest BCUT2D eigenvalue weighted by Crippen LogP contribution is -2.52. The lowest BCUT2D eigenvalue weighted by Gasteiger charge is -2.32. The predicted molar refractivity (Wildman–Crippen MR) is 135 cm³/mol. The van der Waals surface area contributed by atoms with Crippen LogP contribution >= 0.6 is 11.6 Å².